The summed E-state index contributed by atoms with van der Waals surface area (Å²) in [5.41, 5.74) is 0. The molecule has 114 valence electrons. The Labute approximate surface area is 119 Å². The minimum absolute atomic E-state index is 0.338. The van der Waals surface area contributed by atoms with Crippen LogP contribution in [-0.2, 0) is 15.0 Å². The van der Waals surface area contributed by atoms with Crippen LogP contribution in [0.2, 0.25) is 0 Å². The van der Waals surface area contributed by atoms with E-state index >= 15 is 0 Å². The Bertz CT molecular complexity index is 481. The number of carboxylic acid groups (broad SMARTS) is 1. The van der Waals surface area contributed by atoms with Crippen molar-refractivity contribution in [2.24, 2.45) is 11.8 Å². The van der Waals surface area contributed by atoms with Crippen LogP contribution in [0.1, 0.15) is 38.5 Å². The van der Waals surface area contributed by atoms with Gasteiger partial charge < -0.3 is 5.11 Å². The maximum Gasteiger partial charge on any atom is 0.322 e. The first-order valence-electron chi connectivity index (χ1n) is 7.50. The SMILES string of the molecule is O=C(O)C1CCCCN1S(=O)(=O)N1CC2CCCC2C1. The van der Waals surface area contributed by atoms with Crippen molar-refractivity contribution in [2.45, 2.75) is 44.6 Å². The van der Waals surface area contributed by atoms with E-state index in [1.54, 1.807) is 0 Å². The number of carboxylic acids is 1. The molecule has 1 saturated carbocycles. The zero-order valence-corrected chi connectivity index (χ0v) is 12.4. The van der Waals surface area contributed by atoms with Gasteiger partial charge in [-0.1, -0.05) is 6.42 Å². The zero-order chi connectivity index (χ0) is 14.3. The highest BCUT2D eigenvalue weighted by Gasteiger charge is 2.46. The Kier molecular flexibility index (Phi) is 3.77. The van der Waals surface area contributed by atoms with E-state index in [0.29, 0.717) is 37.9 Å². The molecule has 3 aliphatic rings. The van der Waals surface area contributed by atoms with Crippen LogP contribution in [0, 0.1) is 11.8 Å². The lowest BCUT2D eigenvalue weighted by Gasteiger charge is -2.34. The predicted molar refractivity (Wildman–Crippen MR) is 73.3 cm³/mol. The fraction of sp³-hybridized carbons (Fsp3) is 0.923. The number of carbonyl (C=O) groups is 1. The van der Waals surface area contributed by atoms with Crippen molar-refractivity contribution in [3.63, 3.8) is 0 Å². The largest absolute Gasteiger partial charge is 0.480 e. The summed E-state index contributed by atoms with van der Waals surface area (Å²) < 4.78 is 28.2. The average molecular weight is 302 g/mol. The van der Waals surface area contributed by atoms with Crippen LogP contribution in [0.4, 0.5) is 0 Å². The Morgan fingerprint density at radius 1 is 1.00 bits per heavy atom. The van der Waals surface area contributed by atoms with Gasteiger partial charge >= 0.3 is 5.97 Å². The van der Waals surface area contributed by atoms with Crippen LogP contribution in [0.25, 0.3) is 0 Å². The van der Waals surface area contributed by atoms with Crippen molar-refractivity contribution < 1.29 is 18.3 Å². The third-order valence-corrected chi connectivity index (χ3v) is 7.03. The van der Waals surface area contributed by atoms with Crippen LogP contribution in [0.5, 0.6) is 0 Å². The standard InChI is InChI=1S/C13H22N2O4S/c16-13(17)12-6-1-2-7-15(12)20(18,19)14-8-10-4-3-5-11(10)9-14/h10-12H,1-9H2,(H,16,17). The molecule has 3 atom stereocenters. The number of aliphatic carboxylic acids is 1. The molecule has 6 nitrogen and oxygen atoms in total. The number of piperidine rings is 1. The Balaban J connectivity index is 1.78. The van der Waals surface area contributed by atoms with E-state index in [0.717, 1.165) is 25.7 Å². The molecule has 0 spiro atoms. The molecule has 2 heterocycles. The summed E-state index contributed by atoms with van der Waals surface area (Å²) in [6.45, 7) is 1.50. The quantitative estimate of drug-likeness (QED) is 0.840. The second kappa shape index (κ2) is 5.27. The number of rotatable bonds is 3. The van der Waals surface area contributed by atoms with Crippen molar-refractivity contribution in [2.75, 3.05) is 19.6 Å². The molecule has 0 bridgehead atoms. The number of fused-ring (bicyclic) bond motifs is 1. The summed E-state index contributed by atoms with van der Waals surface area (Å²) >= 11 is 0. The van der Waals surface area contributed by atoms with Crippen molar-refractivity contribution in [3.8, 4) is 0 Å². The average Bonchev–Trinajstić information content (AvgIpc) is 2.99. The molecule has 0 radical (unpaired) electrons. The Morgan fingerprint density at radius 2 is 1.65 bits per heavy atom. The van der Waals surface area contributed by atoms with Crippen LogP contribution in [0.3, 0.4) is 0 Å². The van der Waals surface area contributed by atoms with E-state index in [9.17, 15) is 18.3 Å². The van der Waals surface area contributed by atoms with Gasteiger partial charge in [0, 0.05) is 19.6 Å². The molecule has 3 rings (SSSR count). The van der Waals surface area contributed by atoms with E-state index in [1.807, 2.05) is 0 Å². The molecule has 3 fully saturated rings. The Hall–Kier alpha value is -0.660. The van der Waals surface area contributed by atoms with Crippen LogP contribution in [-0.4, -0.2) is 53.8 Å². The minimum Gasteiger partial charge on any atom is -0.480 e. The second-order valence-electron chi connectivity index (χ2n) is 6.24. The topological polar surface area (TPSA) is 77.9 Å². The maximum absolute atomic E-state index is 12.7. The van der Waals surface area contributed by atoms with Gasteiger partial charge in [0.05, 0.1) is 0 Å². The third-order valence-electron chi connectivity index (χ3n) is 5.05. The van der Waals surface area contributed by atoms with Gasteiger partial charge in [-0.05, 0) is 43.9 Å². The molecule has 0 aromatic carbocycles. The third kappa shape index (κ3) is 2.35. The molecule has 1 N–H and O–H groups in total. The van der Waals surface area contributed by atoms with Gasteiger partial charge in [-0.15, -0.1) is 0 Å². The molecule has 0 aromatic heterocycles. The normalized spacial score (nSPS) is 36.1. The van der Waals surface area contributed by atoms with Gasteiger partial charge in [0.1, 0.15) is 6.04 Å². The maximum atomic E-state index is 12.7. The summed E-state index contributed by atoms with van der Waals surface area (Å²) in [7, 11) is -3.61. The van der Waals surface area contributed by atoms with E-state index in [1.165, 1.54) is 15.0 Å². The highest BCUT2D eigenvalue weighted by atomic mass is 32.2. The smallest absolute Gasteiger partial charge is 0.322 e. The van der Waals surface area contributed by atoms with Gasteiger partial charge in [0.2, 0.25) is 0 Å². The van der Waals surface area contributed by atoms with Gasteiger partial charge in [-0.2, -0.15) is 17.0 Å². The summed E-state index contributed by atoms with van der Waals surface area (Å²) in [6, 6.07) is -0.880. The number of hydrogen-bond acceptors (Lipinski definition) is 3. The fourth-order valence-electron chi connectivity index (χ4n) is 3.96. The van der Waals surface area contributed by atoms with Crippen molar-refractivity contribution in [3.05, 3.63) is 0 Å². The first-order chi connectivity index (χ1) is 9.50. The van der Waals surface area contributed by atoms with Gasteiger partial charge in [-0.3, -0.25) is 4.79 Å². The first kappa shape index (κ1) is 14.3. The summed E-state index contributed by atoms with van der Waals surface area (Å²) in [6.07, 6.45) is 5.38. The van der Waals surface area contributed by atoms with Gasteiger partial charge in [-0.25, -0.2) is 0 Å². The zero-order valence-electron chi connectivity index (χ0n) is 11.6. The molecule has 7 heteroatoms. The lowest BCUT2D eigenvalue weighted by Crippen LogP contribution is -2.53. The molecule has 1 aliphatic carbocycles. The lowest BCUT2D eigenvalue weighted by atomic mass is 10.0. The Morgan fingerprint density at radius 3 is 2.25 bits per heavy atom. The summed E-state index contributed by atoms with van der Waals surface area (Å²) in [5.74, 6) is -0.0525. The highest BCUT2D eigenvalue weighted by molar-refractivity contribution is 7.86. The second-order valence-corrected chi connectivity index (χ2v) is 8.12. The lowest BCUT2D eigenvalue weighted by molar-refractivity contribution is -0.142. The molecular formula is C13H22N2O4S. The number of hydrogen-bond donors (Lipinski definition) is 1. The van der Waals surface area contributed by atoms with Crippen molar-refractivity contribution >= 4 is 16.2 Å². The van der Waals surface area contributed by atoms with Gasteiger partial charge in [0.15, 0.2) is 0 Å². The minimum atomic E-state index is -3.61. The van der Waals surface area contributed by atoms with Crippen LogP contribution in [0.15, 0.2) is 0 Å². The monoisotopic (exact) mass is 302 g/mol. The predicted octanol–water partition coefficient (Wildman–Crippen LogP) is 0.902. The summed E-state index contributed by atoms with van der Waals surface area (Å²) in [4.78, 5) is 11.3. The molecule has 3 unspecified atom stereocenters. The van der Waals surface area contributed by atoms with E-state index in [-0.39, 0.29) is 0 Å². The molecule has 0 aromatic rings. The molecule has 2 aliphatic heterocycles. The molecule has 2 saturated heterocycles. The van der Waals surface area contributed by atoms with E-state index in [4.69, 9.17) is 0 Å². The number of nitrogens with zero attached hydrogens (tertiary/aromatic N) is 2. The molecule has 0 amide bonds. The first-order valence-corrected chi connectivity index (χ1v) is 8.89. The van der Waals surface area contributed by atoms with Crippen molar-refractivity contribution in [1.29, 1.82) is 0 Å². The molecule has 20 heavy (non-hydrogen) atoms. The highest BCUT2D eigenvalue weighted by Crippen LogP contribution is 2.39. The summed E-state index contributed by atoms with van der Waals surface area (Å²) in [5, 5.41) is 9.25. The van der Waals surface area contributed by atoms with Crippen LogP contribution < -0.4 is 0 Å². The van der Waals surface area contributed by atoms with E-state index in [2.05, 4.69) is 0 Å². The molecular weight excluding hydrogens is 280 g/mol. The fourth-order valence-corrected chi connectivity index (χ4v) is 5.89. The van der Waals surface area contributed by atoms with E-state index < -0.39 is 22.2 Å². The van der Waals surface area contributed by atoms with Crippen molar-refractivity contribution in [1.82, 2.24) is 8.61 Å². The van der Waals surface area contributed by atoms with Gasteiger partial charge in [0.25, 0.3) is 10.2 Å². The van der Waals surface area contributed by atoms with Crippen LogP contribution >= 0.6 is 0 Å².